The molecule has 27 heavy (non-hydrogen) atoms. The predicted molar refractivity (Wildman–Crippen MR) is 87.6 cm³/mol. The minimum atomic E-state index is -4.78. The number of aryl methyl sites for hydroxylation is 1. The largest absolute Gasteiger partial charge is 0.573 e. The van der Waals surface area contributed by atoms with Crippen LogP contribution in [0.1, 0.15) is 18.2 Å². The fourth-order valence-electron chi connectivity index (χ4n) is 1.87. The van der Waals surface area contributed by atoms with Gasteiger partial charge < -0.3 is 19.3 Å². The summed E-state index contributed by atoms with van der Waals surface area (Å²) in [6.07, 6.45) is -3.50. The van der Waals surface area contributed by atoms with Gasteiger partial charge in [-0.3, -0.25) is 4.79 Å². The van der Waals surface area contributed by atoms with E-state index in [9.17, 15) is 22.8 Å². The maximum atomic E-state index is 12.1. The average Bonchev–Trinajstić information content (AvgIpc) is 2.97. The number of nitrogens with zero attached hydrogens (tertiary/aromatic N) is 1. The van der Waals surface area contributed by atoms with Crippen LogP contribution in [-0.2, 0) is 14.3 Å². The van der Waals surface area contributed by atoms with Crippen molar-refractivity contribution in [3.8, 4) is 5.75 Å². The first-order valence-corrected chi connectivity index (χ1v) is 7.61. The third-order valence-corrected chi connectivity index (χ3v) is 3.07. The molecule has 2 aromatic rings. The number of nitrogens with one attached hydrogen (secondary N) is 1. The van der Waals surface area contributed by atoms with Crippen molar-refractivity contribution < 1.29 is 36.8 Å². The van der Waals surface area contributed by atoms with E-state index in [-0.39, 0.29) is 11.6 Å². The zero-order chi connectivity index (χ0) is 20.0. The SMILES string of the molecule is Cc1cc(NC(=O)[C@H](C)OC(=O)/C=C/c2ccc(OC(F)(F)F)cc2)no1. The first kappa shape index (κ1) is 20.0. The molecule has 2 rings (SSSR count). The number of benzene rings is 1. The summed E-state index contributed by atoms with van der Waals surface area (Å²) in [5.74, 6) is -1.08. The van der Waals surface area contributed by atoms with Crippen molar-refractivity contribution in [3.63, 3.8) is 0 Å². The number of esters is 1. The Balaban J connectivity index is 1.85. The molecule has 0 saturated carbocycles. The number of hydrogen-bond acceptors (Lipinski definition) is 6. The molecule has 7 nitrogen and oxygen atoms in total. The van der Waals surface area contributed by atoms with Gasteiger partial charge in [-0.25, -0.2) is 4.79 Å². The Morgan fingerprint density at radius 3 is 2.48 bits per heavy atom. The second-order valence-electron chi connectivity index (χ2n) is 5.34. The summed E-state index contributed by atoms with van der Waals surface area (Å²) >= 11 is 0. The summed E-state index contributed by atoms with van der Waals surface area (Å²) in [5, 5.41) is 6.00. The maximum absolute atomic E-state index is 12.1. The van der Waals surface area contributed by atoms with Crippen LogP contribution in [0.2, 0.25) is 0 Å². The van der Waals surface area contributed by atoms with Gasteiger partial charge >= 0.3 is 12.3 Å². The zero-order valence-corrected chi connectivity index (χ0v) is 14.2. The van der Waals surface area contributed by atoms with E-state index >= 15 is 0 Å². The first-order chi connectivity index (χ1) is 12.6. The molecule has 0 aliphatic heterocycles. The molecule has 0 aliphatic carbocycles. The molecule has 0 radical (unpaired) electrons. The Morgan fingerprint density at radius 2 is 1.93 bits per heavy atom. The van der Waals surface area contributed by atoms with Crippen molar-refractivity contribution in [2.45, 2.75) is 26.3 Å². The number of anilines is 1. The highest BCUT2D eigenvalue weighted by atomic mass is 19.4. The van der Waals surface area contributed by atoms with Gasteiger partial charge in [-0.1, -0.05) is 17.3 Å². The molecule has 1 N–H and O–H groups in total. The predicted octanol–water partition coefficient (Wildman–Crippen LogP) is 3.47. The lowest BCUT2D eigenvalue weighted by Gasteiger charge is -2.10. The van der Waals surface area contributed by atoms with Gasteiger partial charge in [0.1, 0.15) is 11.5 Å². The van der Waals surface area contributed by atoms with Crippen LogP contribution >= 0.6 is 0 Å². The van der Waals surface area contributed by atoms with E-state index in [0.29, 0.717) is 11.3 Å². The molecule has 1 atom stereocenters. The Kier molecular flexibility index (Phi) is 6.22. The molecule has 0 spiro atoms. The number of halogens is 3. The van der Waals surface area contributed by atoms with E-state index in [2.05, 4.69) is 15.2 Å². The Bertz CT molecular complexity index is 828. The van der Waals surface area contributed by atoms with Crippen LogP contribution in [0, 0.1) is 6.92 Å². The molecule has 1 aromatic carbocycles. The second kappa shape index (κ2) is 8.39. The topological polar surface area (TPSA) is 90.7 Å². The van der Waals surface area contributed by atoms with E-state index in [4.69, 9.17) is 9.26 Å². The van der Waals surface area contributed by atoms with Gasteiger partial charge in [0.05, 0.1) is 0 Å². The van der Waals surface area contributed by atoms with E-state index in [1.54, 1.807) is 6.92 Å². The average molecular weight is 384 g/mol. The Morgan fingerprint density at radius 1 is 1.26 bits per heavy atom. The molecular weight excluding hydrogens is 369 g/mol. The molecule has 0 bridgehead atoms. The van der Waals surface area contributed by atoms with Gasteiger partial charge in [0.15, 0.2) is 11.9 Å². The number of ether oxygens (including phenoxy) is 2. The molecule has 0 saturated heterocycles. The Hall–Kier alpha value is -3.30. The molecule has 0 aliphatic rings. The van der Waals surface area contributed by atoms with E-state index in [0.717, 1.165) is 18.2 Å². The van der Waals surface area contributed by atoms with Crippen LogP contribution in [0.5, 0.6) is 5.75 Å². The zero-order valence-electron chi connectivity index (χ0n) is 14.2. The van der Waals surface area contributed by atoms with Crippen molar-refractivity contribution in [1.82, 2.24) is 5.16 Å². The van der Waals surface area contributed by atoms with Gasteiger partial charge in [0.25, 0.3) is 5.91 Å². The lowest BCUT2D eigenvalue weighted by molar-refractivity contribution is -0.274. The molecule has 0 unspecified atom stereocenters. The minimum Gasteiger partial charge on any atom is -0.449 e. The summed E-state index contributed by atoms with van der Waals surface area (Å²) < 4.78 is 49.7. The quantitative estimate of drug-likeness (QED) is 0.606. The minimum absolute atomic E-state index is 0.192. The molecule has 0 fully saturated rings. The van der Waals surface area contributed by atoms with E-state index < -0.39 is 24.3 Å². The highest BCUT2D eigenvalue weighted by Gasteiger charge is 2.30. The molecule has 10 heteroatoms. The van der Waals surface area contributed by atoms with E-state index in [1.165, 1.54) is 31.2 Å². The standard InChI is InChI=1S/C17H15F3N2O5/c1-10-9-14(22-27-10)21-16(24)11(2)25-15(23)8-5-12-3-6-13(7-4-12)26-17(18,19)20/h3-9,11H,1-2H3,(H,21,22,24)/b8-5+/t11-/m0/s1. The molecule has 1 heterocycles. The summed E-state index contributed by atoms with van der Waals surface area (Å²) in [4.78, 5) is 23.6. The number of carbonyl (C=O) groups excluding carboxylic acids is 2. The highest BCUT2D eigenvalue weighted by molar-refractivity contribution is 5.96. The van der Waals surface area contributed by atoms with Crippen LogP contribution in [0.3, 0.4) is 0 Å². The van der Waals surface area contributed by atoms with Gasteiger partial charge in [-0.2, -0.15) is 0 Å². The highest BCUT2D eigenvalue weighted by Crippen LogP contribution is 2.23. The molecule has 1 amide bonds. The summed E-state index contributed by atoms with van der Waals surface area (Å²) in [6.45, 7) is 3.02. The van der Waals surface area contributed by atoms with Gasteiger partial charge in [-0.05, 0) is 37.6 Å². The summed E-state index contributed by atoms with van der Waals surface area (Å²) in [6, 6.07) is 6.36. The number of amides is 1. The smallest absolute Gasteiger partial charge is 0.449 e. The molecule has 1 aromatic heterocycles. The van der Waals surface area contributed by atoms with Crippen molar-refractivity contribution in [2.75, 3.05) is 5.32 Å². The van der Waals surface area contributed by atoms with Gasteiger partial charge in [0, 0.05) is 12.1 Å². The fraction of sp³-hybridized carbons (Fsp3) is 0.235. The van der Waals surface area contributed by atoms with Crippen molar-refractivity contribution in [2.24, 2.45) is 0 Å². The molecule has 144 valence electrons. The van der Waals surface area contributed by atoms with Crippen LogP contribution in [0.25, 0.3) is 6.08 Å². The monoisotopic (exact) mass is 384 g/mol. The normalized spacial score (nSPS) is 12.6. The third kappa shape index (κ3) is 6.84. The second-order valence-corrected chi connectivity index (χ2v) is 5.34. The van der Waals surface area contributed by atoms with Crippen LogP contribution in [0.15, 0.2) is 40.9 Å². The van der Waals surface area contributed by atoms with Gasteiger partial charge in [0.2, 0.25) is 0 Å². The summed E-state index contributed by atoms with van der Waals surface area (Å²) in [5.41, 5.74) is 0.441. The molecular formula is C17H15F3N2O5. The summed E-state index contributed by atoms with van der Waals surface area (Å²) in [7, 11) is 0. The fourth-order valence-corrected chi connectivity index (χ4v) is 1.87. The Labute approximate surface area is 151 Å². The van der Waals surface area contributed by atoms with E-state index in [1.807, 2.05) is 0 Å². The number of carbonyl (C=O) groups is 2. The van der Waals surface area contributed by atoms with Crippen molar-refractivity contribution >= 4 is 23.8 Å². The number of rotatable bonds is 6. The van der Waals surface area contributed by atoms with Gasteiger partial charge in [-0.15, -0.1) is 13.2 Å². The maximum Gasteiger partial charge on any atom is 0.573 e. The number of hydrogen-bond donors (Lipinski definition) is 1. The third-order valence-electron chi connectivity index (χ3n) is 3.07. The van der Waals surface area contributed by atoms with Crippen molar-refractivity contribution in [3.05, 3.63) is 47.7 Å². The number of aromatic nitrogens is 1. The first-order valence-electron chi connectivity index (χ1n) is 7.61. The van der Waals surface area contributed by atoms with Crippen LogP contribution < -0.4 is 10.1 Å². The lowest BCUT2D eigenvalue weighted by Crippen LogP contribution is -2.29. The van der Waals surface area contributed by atoms with Crippen molar-refractivity contribution in [1.29, 1.82) is 0 Å². The number of alkyl halides is 3. The lowest BCUT2D eigenvalue weighted by atomic mass is 10.2. The van der Waals surface area contributed by atoms with Crippen LogP contribution in [0.4, 0.5) is 19.0 Å². The van der Waals surface area contributed by atoms with Crippen LogP contribution in [-0.4, -0.2) is 29.5 Å².